The van der Waals surface area contributed by atoms with Gasteiger partial charge in [0, 0.05) is 0 Å². The lowest BCUT2D eigenvalue weighted by molar-refractivity contribution is 0.00710. The van der Waals surface area contributed by atoms with Crippen LogP contribution in [0.4, 0.5) is 0 Å². The zero-order valence-corrected chi connectivity index (χ0v) is 29.4. The molecule has 10 atom stereocenters. The van der Waals surface area contributed by atoms with Crippen LogP contribution in [0.5, 0.6) is 0 Å². The number of rotatable bonds is 15. The highest BCUT2D eigenvalue weighted by Crippen LogP contribution is 2.46. The Kier molecular flexibility index (Phi) is 15.3. The van der Waals surface area contributed by atoms with Crippen LogP contribution in [0.15, 0.2) is 48.6 Å². The van der Waals surface area contributed by atoms with E-state index >= 15 is 0 Å². The molecule has 2 saturated carbocycles. The van der Waals surface area contributed by atoms with Gasteiger partial charge >= 0.3 is 0 Å². The van der Waals surface area contributed by atoms with Crippen LogP contribution in [0.2, 0.25) is 0 Å². The molecule has 0 aliphatic heterocycles. The highest BCUT2D eigenvalue weighted by molar-refractivity contribution is 5.05. The average Bonchev–Trinajstić information content (AvgIpc) is 2.84. The van der Waals surface area contributed by atoms with E-state index in [4.69, 9.17) is 0 Å². The van der Waals surface area contributed by atoms with Crippen molar-refractivity contribution >= 4 is 0 Å². The molecule has 2 aliphatic rings. The van der Waals surface area contributed by atoms with Crippen molar-refractivity contribution in [2.75, 3.05) is 0 Å². The van der Waals surface area contributed by atoms with E-state index in [1.54, 1.807) is 0 Å². The van der Waals surface area contributed by atoms with Crippen LogP contribution in [0.25, 0.3) is 0 Å². The Balaban J connectivity index is 1.62. The topological polar surface area (TPSA) is 40.5 Å². The van der Waals surface area contributed by atoms with Gasteiger partial charge in [-0.1, -0.05) is 131 Å². The molecule has 2 heteroatoms. The van der Waals surface area contributed by atoms with Crippen LogP contribution in [0.1, 0.15) is 133 Å². The molecule has 2 aliphatic carbocycles. The molecule has 42 heavy (non-hydrogen) atoms. The lowest BCUT2D eigenvalue weighted by Crippen LogP contribution is -2.38. The fourth-order valence-electron chi connectivity index (χ4n) is 8.19. The van der Waals surface area contributed by atoms with Crippen molar-refractivity contribution in [2.24, 2.45) is 58.2 Å². The lowest BCUT2D eigenvalue weighted by Gasteiger charge is -2.43. The fourth-order valence-corrected chi connectivity index (χ4v) is 8.19. The number of hydrogen-bond acceptors (Lipinski definition) is 2. The predicted molar refractivity (Wildman–Crippen MR) is 184 cm³/mol. The van der Waals surface area contributed by atoms with Crippen LogP contribution < -0.4 is 0 Å². The van der Waals surface area contributed by atoms with Crippen LogP contribution >= 0.6 is 0 Å². The molecule has 2 fully saturated rings. The van der Waals surface area contributed by atoms with E-state index in [0.717, 1.165) is 44.4 Å². The van der Waals surface area contributed by atoms with Crippen molar-refractivity contribution in [3.8, 4) is 0 Å². The van der Waals surface area contributed by atoms with E-state index in [0.29, 0.717) is 41.4 Å². The second kappa shape index (κ2) is 17.4. The number of hydrogen-bond donors (Lipinski definition) is 2. The first kappa shape index (κ1) is 37.1. The van der Waals surface area contributed by atoms with Crippen molar-refractivity contribution in [3.05, 3.63) is 48.6 Å². The summed E-state index contributed by atoms with van der Waals surface area (Å²) in [6, 6.07) is 0. The van der Waals surface area contributed by atoms with Gasteiger partial charge in [0.1, 0.15) is 0 Å². The third-order valence-electron chi connectivity index (χ3n) is 10.7. The minimum atomic E-state index is -0.138. The van der Waals surface area contributed by atoms with Crippen LogP contribution in [0.3, 0.4) is 0 Å². The Labute approximate surface area is 262 Å². The van der Waals surface area contributed by atoms with Gasteiger partial charge in [-0.05, 0) is 110 Å². The van der Waals surface area contributed by atoms with Gasteiger partial charge in [0.2, 0.25) is 0 Å². The highest BCUT2D eigenvalue weighted by atomic mass is 16.3. The maximum absolute atomic E-state index is 10.2. The standard InChI is InChI=1S/C40H70O2/c1-29(17-13-19-31(3)21-23-37-33(5)25-35(41)27-39(37,7)8)15-11-12-16-30(2)18-14-20-32(4)22-24-38-34(6)26-36(42)28-40(38,9)10/h11-13,17,21-24,29-38,41-42H,14-16,18-20,25-28H2,1-10H3/b12-11+,17-13+,23-21+,24-22+/t29-,30-,31+,32-,33-,34-,35+,36+,37+,38+/m1/s1. The second-order valence-electron chi connectivity index (χ2n) is 16.5. The Hall–Kier alpha value is -1.12. The minimum Gasteiger partial charge on any atom is -0.393 e. The maximum Gasteiger partial charge on any atom is 0.0548 e. The zero-order chi connectivity index (χ0) is 31.5. The monoisotopic (exact) mass is 583 g/mol. The normalized spacial score (nSPS) is 33.0. The van der Waals surface area contributed by atoms with Gasteiger partial charge in [-0.25, -0.2) is 0 Å². The minimum absolute atomic E-state index is 0.130. The third kappa shape index (κ3) is 12.9. The van der Waals surface area contributed by atoms with Gasteiger partial charge in [0.25, 0.3) is 0 Å². The van der Waals surface area contributed by atoms with E-state index < -0.39 is 0 Å². The quantitative estimate of drug-likeness (QED) is 0.189. The Morgan fingerprint density at radius 3 is 1.60 bits per heavy atom. The number of aliphatic hydroxyl groups excluding tert-OH is 2. The summed E-state index contributed by atoms with van der Waals surface area (Å²) in [5.41, 5.74) is 0.364. The summed E-state index contributed by atoms with van der Waals surface area (Å²) >= 11 is 0. The van der Waals surface area contributed by atoms with E-state index in [2.05, 4.69) is 118 Å². The second-order valence-corrected chi connectivity index (χ2v) is 16.5. The fraction of sp³-hybridized carbons (Fsp3) is 0.800. The first-order chi connectivity index (χ1) is 19.6. The van der Waals surface area contributed by atoms with E-state index in [1.807, 2.05) is 0 Å². The molecule has 2 N–H and O–H groups in total. The molecule has 0 bridgehead atoms. The van der Waals surface area contributed by atoms with Gasteiger partial charge < -0.3 is 10.2 Å². The molecule has 0 heterocycles. The van der Waals surface area contributed by atoms with Gasteiger partial charge in [0.15, 0.2) is 0 Å². The molecule has 2 rings (SSSR count). The first-order valence-corrected chi connectivity index (χ1v) is 17.6. The summed E-state index contributed by atoms with van der Waals surface area (Å²) in [6.45, 7) is 23.3. The van der Waals surface area contributed by atoms with E-state index in [9.17, 15) is 10.2 Å². The molecule has 2 nitrogen and oxygen atoms in total. The molecule has 0 aromatic rings. The number of allylic oxidation sites excluding steroid dienone is 8. The van der Waals surface area contributed by atoms with Crippen molar-refractivity contribution in [2.45, 2.75) is 146 Å². The van der Waals surface area contributed by atoms with Crippen molar-refractivity contribution in [1.29, 1.82) is 0 Å². The molecule has 0 aromatic carbocycles. The van der Waals surface area contributed by atoms with Gasteiger partial charge in [-0.2, -0.15) is 0 Å². The average molecular weight is 583 g/mol. The zero-order valence-electron chi connectivity index (χ0n) is 29.4. The van der Waals surface area contributed by atoms with Gasteiger partial charge in [0.05, 0.1) is 12.2 Å². The van der Waals surface area contributed by atoms with Crippen molar-refractivity contribution in [1.82, 2.24) is 0 Å². The number of aliphatic hydroxyl groups is 2. The van der Waals surface area contributed by atoms with Crippen LogP contribution in [0, 0.1) is 58.2 Å². The van der Waals surface area contributed by atoms with Crippen molar-refractivity contribution < 1.29 is 10.2 Å². The Morgan fingerprint density at radius 2 is 1.07 bits per heavy atom. The molecular weight excluding hydrogens is 512 g/mol. The summed E-state index contributed by atoms with van der Waals surface area (Å²) in [5.74, 6) is 4.74. The van der Waals surface area contributed by atoms with Crippen LogP contribution in [-0.4, -0.2) is 22.4 Å². The molecule has 242 valence electrons. The smallest absolute Gasteiger partial charge is 0.0548 e. The highest BCUT2D eigenvalue weighted by Gasteiger charge is 2.40. The Morgan fingerprint density at radius 1 is 0.619 bits per heavy atom. The summed E-state index contributed by atoms with van der Waals surface area (Å²) in [4.78, 5) is 0. The van der Waals surface area contributed by atoms with Crippen molar-refractivity contribution in [3.63, 3.8) is 0 Å². The van der Waals surface area contributed by atoms with E-state index in [-0.39, 0.29) is 23.0 Å². The molecule has 0 unspecified atom stereocenters. The maximum atomic E-state index is 10.2. The predicted octanol–water partition coefficient (Wildman–Crippen LogP) is 11.0. The largest absolute Gasteiger partial charge is 0.393 e. The van der Waals surface area contributed by atoms with Gasteiger partial charge in [-0.15, -0.1) is 0 Å². The van der Waals surface area contributed by atoms with Crippen LogP contribution in [-0.2, 0) is 0 Å². The summed E-state index contributed by atoms with van der Waals surface area (Å²) in [7, 11) is 0. The summed E-state index contributed by atoms with van der Waals surface area (Å²) < 4.78 is 0. The first-order valence-electron chi connectivity index (χ1n) is 17.6. The summed E-state index contributed by atoms with van der Waals surface area (Å²) in [6.07, 6.45) is 30.1. The lowest BCUT2D eigenvalue weighted by atomic mass is 9.63. The molecular formula is C40H70O2. The van der Waals surface area contributed by atoms with E-state index in [1.165, 1.54) is 25.7 Å². The Bertz CT molecular complexity index is 876. The molecule has 0 spiro atoms. The molecule has 0 aromatic heterocycles. The van der Waals surface area contributed by atoms with Gasteiger partial charge in [-0.3, -0.25) is 0 Å². The molecule has 0 radical (unpaired) electrons. The summed E-state index contributed by atoms with van der Waals surface area (Å²) in [5, 5.41) is 20.3. The molecule has 0 amide bonds. The third-order valence-corrected chi connectivity index (χ3v) is 10.7. The molecule has 0 saturated heterocycles. The SMILES string of the molecule is C[C@H](C/C=C/C[C@@H](C)/C=C/C[C@H](C)/C=C/[C@H]1[C@H](C)C[C@H](O)CC1(C)C)CCC[C@@H](C)/C=C/[C@H]1[C@H](C)C[C@H](O)CC1(C)C.